The van der Waals surface area contributed by atoms with Gasteiger partial charge in [-0.25, -0.2) is 4.98 Å². The van der Waals surface area contributed by atoms with Gasteiger partial charge in [0.1, 0.15) is 5.76 Å². The Labute approximate surface area is 149 Å². The molecule has 5 nitrogen and oxygen atoms in total. The number of allylic oxidation sites excluding steroid dienone is 5. The van der Waals surface area contributed by atoms with Gasteiger partial charge in [-0.15, -0.1) is 0 Å². The summed E-state index contributed by atoms with van der Waals surface area (Å²) >= 11 is 4.15. The van der Waals surface area contributed by atoms with Crippen LogP contribution in [0.2, 0.25) is 0 Å². The van der Waals surface area contributed by atoms with Gasteiger partial charge in [0.2, 0.25) is 5.91 Å². The Morgan fingerprint density at radius 1 is 1.46 bits per heavy atom. The second kappa shape index (κ2) is 10.2. The topological polar surface area (TPSA) is 78.3 Å². The first-order valence-electron chi connectivity index (χ1n) is 7.79. The van der Waals surface area contributed by atoms with Gasteiger partial charge in [-0.2, -0.15) is 12.6 Å². The molecule has 132 valence electrons. The summed E-state index contributed by atoms with van der Waals surface area (Å²) < 4.78 is 10.9. The highest BCUT2D eigenvalue weighted by atomic mass is 32.1. The van der Waals surface area contributed by atoms with Crippen molar-refractivity contribution < 1.29 is 13.9 Å². The van der Waals surface area contributed by atoms with Gasteiger partial charge in [-0.05, 0) is 26.3 Å². The number of hydrogen-bond acceptors (Lipinski definition) is 5. The molecule has 0 aliphatic rings. The van der Waals surface area contributed by atoms with Crippen molar-refractivity contribution in [3.8, 4) is 0 Å². The molecule has 0 aliphatic heterocycles. The third kappa shape index (κ3) is 6.37. The lowest BCUT2D eigenvalue weighted by atomic mass is 9.82. The second-order valence-electron chi connectivity index (χ2n) is 5.96. The predicted molar refractivity (Wildman–Crippen MR) is 98.8 cm³/mol. The number of carbonyl (C=O) groups is 1. The first-order valence-corrected chi connectivity index (χ1v) is 8.42. The summed E-state index contributed by atoms with van der Waals surface area (Å²) in [7, 11) is 0. The normalized spacial score (nSPS) is 14.6. The quantitative estimate of drug-likeness (QED) is 0.502. The van der Waals surface area contributed by atoms with Crippen LogP contribution in [0.4, 0.5) is 0 Å². The fourth-order valence-corrected chi connectivity index (χ4v) is 2.28. The van der Waals surface area contributed by atoms with Gasteiger partial charge < -0.3 is 14.9 Å². The molecule has 0 spiro atoms. The van der Waals surface area contributed by atoms with Gasteiger partial charge in [0.25, 0.3) is 0 Å². The number of ether oxygens (including phenoxy) is 1. The molecule has 0 radical (unpaired) electrons. The summed E-state index contributed by atoms with van der Waals surface area (Å²) in [5.41, 5.74) is 5.65. The molecule has 0 aromatic carbocycles. The molecule has 1 atom stereocenters. The van der Waals surface area contributed by atoms with Crippen LogP contribution in [0, 0.1) is 5.41 Å². The molecule has 24 heavy (non-hydrogen) atoms. The Morgan fingerprint density at radius 3 is 2.79 bits per heavy atom. The van der Waals surface area contributed by atoms with E-state index in [1.807, 2.05) is 37.3 Å². The molecule has 0 fully saturated rings. The zero-order valence-corrected chi connectivity index (χ0v) is 15.3. The van der Waals surface area contributed by atoms with Crippen molar-refractivity contribution in [2.75, 3.05) is 12.4 Å². The van der Waals surface area contributed by atoms with E-state index in [0.717, 1.165) is 11.3 Å². The summed E-state index contributed by atoms with van der Waals surface area (Å²) in [6.07, 6.45) is 13.0. The number of thiol groups is 1. The molecule has 0 saturated heterocycles. The van der Waals surface area contributed by atoms with Gasteiger partial charge in [-0.3, -0.25) is 4.79 Å². The third-order valence-electron chi connectivity index (χ3n) is 3.60. The van der Waals surface area contributed by atoms with Crippen molar-refractivity contribution in [2.24, 2.45) is 11.1 Å². The highest BCUT2D eigenvalue weighted by Gasteiger charge is 2.36. The summed E-state index contributed by atoms with van der Waals surface area (Å²) in [6, 6.07) is 0. The molecule has 6 heteroatoms. The van der Waals surface area contributed by atoms with E-state index in [2.05, 4.69) is 17.6 Å². The highest BCUT2D eigenvalue weighted by Crippen LogP contribution is 2.28. The Morgan fingerprint density at radius 2 is 2.21 bits per heavy atom. The lowest BCUT2D eigenvalue weighted by Gasteiger charge is -2.32. The van der Waals surface area contributed by atoms with E-state index in [9.17, 15) is 4.79 Å². The van der Waals surface area contributed by atoms with Crippen LogP contribution in [0.3, 0.4) is 0 Å². The van der Waals surface area contributed by atoms with E-state index in [0.29, 0.717) is 18.8 Å². The smallest absolute Gasteiger partial charge is 0.226 e. The number of nitrogens with zero attached hydrogens (tertiary/aromatic N) is 1. The van der Waals surface area contributed by atoms with Crippen LogP contribution in [-0.4, -0.2) is 29.4 Å². The third-order valence-corrected chi connectivity index (χ3v) is 3.78. The number of hydrogen-bond donors (Lipinski definition) is 2. The van der Waals surface area contributed by atoms with E-state index in [1.165, 1.54) is 6.39 Å². The van der Waals surface area contributed by atoms with Crippen molar-refractivity contribution in [1.82, 2.24) is 4.98 Å². The molecule has 1 unspecified atom stereocenters. The van der Waals surface area contributed by atoms with E-state index in [1.54, 1.807) is 20.0 Å². The molecule has 1 heterocycles. The minimum absolute atomic E-state index is 0.384. The molecule has 1 rings (SSSR count). The summed E-state index contributed by atoms with van der Waals surface area (Å²) in [4.78, 5) is 15.6. The molecule has 0 aliphatic carbocycles. The number of amides is 1. The zero-order valence-electron chi connectivity index (χ0n) is 14.4. The van der Waals surface area contributed by atoms with Gasteiger partial charge in [0.15, 0.2) is 6.39 Å². The molecule has 2 N–H and O–H groups in total. The molecule has 1 aromatic rings. The summed E-state index contributed by atoms with van der Waals surface area (Å²) in [5.74, 6) is 1.00. The SMILES string of the molecule is C/C(=C/C=C\C=C\Cc1cnco1)C(OCCS)C(C)(C)C(N)=O. The first-order chi connectivity index (χ1) is 11.4. The number of rotatable bonds is 10. The van der Waals surface area contributed by atoms with Crippen LogP contribution < -0.4 is 5.73 Å². The number of aromatic nitrogens is 1. The van der Waals surface area contributed by atoms with Crippen LogP contribution in [0.5, 0.6) is 0 Å². The molecule has 0 bridgehead atoms. The van der Waals surface area contributed by atoms with Crippen LogP contribution >= 0.6 is 12.6 Å². The van der Waals surface area contributed by atoms with E-state index < -0.39 is 11.3 Å². The molecule has 1 aromatic heterocycles. The van der Waals surface area contributed by atoms with Crippen molar-refractivity contribution in [3.63, 3.8) is 0 Å². The Bertz CT molecular complexity index is 589. The largest absolute Gasteiger partial charge is 0.448 e. The molecule has 1 amide bonds. The maximum absolute atomic E-state index is 11.7. The van der Waals surface area contributed by atoms with Crippen LogP contribution in [0.1, 0.15) is 26.5 Å². The fraction of sp³-hybridized carbons (Fsp3) is 0.444. The number of oxazole rings is 1. The van der Waals surface area contributed by atoms with Crippen LogP contribution in [0.25, 0.3) is 0 Å². The maximum atomic E-state index is 11.7. The summed E-state index contributed by atoms with van der Waals surface area (Å²) in [5, 5.41) is 0. The number of primary amides is 1. The first kappa shape index (κ1) is 20.3. The van der Waals surface area contributed by atoms with Crippen molar-refractivity contribution in [1.29, 1.82) is 0 Å². The van der Waals surface area contributed by atoms with E-state index in [4.69, 9.17) is 14.9 Å². The summed E-state index contributed by atoms with van der Waals surface area (Å²) in [6.45, 7) is 5.96. The van der Waals surface area contributed by atoms with E-state index in [-0.39, 0.29) is 6.10 Å². The average molecular weight is 350 g/mol. The maximum Gasteiger partial charge on any atom is 0.226 e. The fourth-order valence-electron chi connectivity index (χ4n) is 2.17. The van der Waals surface area contributed by atoms with Gasteiger partial charge in [0, 0.05) is 12.2 Å². The van der Waals surface area contributed by atoms with Crippen molar-refractivity contribution in [3.05, 3.63) is 54.3 Å². The zero-order chi connectivity index (χ0) is 18.0. The molecular weight excluding hydrogens is 324 g/mol. The van der Waals surface area contributed by atoms with Crippen LogP contribution in [0.15, 0.2) is 53.0 Å². The van der Waals surface area contributed by atoms with E-state index >= 15 is 0 Å². The van der Waals surface area contributed by atoms with Gasteiger partial charge >= 0.3 is 0 Å². The van der Waals surface area contributed by atoms with Gasteiger partial charge in [-0.1, -0.05) is 30.4 Å². The second-order valence-corrected chi connectivity index (χ2v) is 6.40. The lowest BCUT2D eigenvalue weighted by molar-refractivity contribution is -0.132. The lowest BCUT2D eigenvalue weighted by Crippen LogP contribution is -2.44. The van der Waals surface area contributed by atoms with Crippen LogP contribution in [-0.2, 0) is 16.0 Å². The molecular formula is C18H26N2O3S. The minimum atomic E-state index is -0.792. The van der Waals surface area contributed by atoms with Gasteiger partial charge in [0.05, 0.1) is 24.3 Å². The Kier molecular flexibility index (Phi) is 8.57. The average Bonchev–Trinajstić information content (AvgIpc) is 3.04. The highest BCUT2D eigenvalue weighted by molar-refractivity contribution is 7.80. The Hall–Kier alpha value is -1.79. The number of carbonyl (C=O) groups excluding carboxylic acids is 1. The minimum Gasteiger partial charge on any atom is -0.448 e. The predicted octanol–water partition coefficient (Wildman–Crippen LogP) is 3.10. The number of nitrogens with two attached hydrogens (primary N) is 1. The monoisotopic (exact) mass is 350 g/mol. The Balaban J connectivity index is 2.68. The van der Waals surface area contributed by atoms with Crippen molar-refractivity contribution >= 4 is 18.5 Å². The molecule has 0 saturated carbocycles. The standard InChI is InChI=1S/C18H26N2O3S/c1-14(16(22-10-11-24)18(2,3)17(19)21)8-6-4-5-7-9-15-12-20-13-23-15/h4-8,12-13,16,24H,9-11H2,1-3H3,(H2,19,21)/b6-4-,7-5+,14-8-. The van der Waals surface area contributed by atoms with Crippen molar-refractivity contribution in [2.45, 2.75) is 33.3 Å².